The molecule has 0 aliphatic heterocycles. The van der Waals surface area contributed by atoms with Gasteiger partial charge >= 0.3 is 5.97 Å². The molecule has 0 aliphatic carbocycles. The molecule has 0 saturated carbocycles. The molecule has 0 aliphatic rings. The Hall–Kier alpha value is -2.04. The van der Waals surface area contributed by atoms with E-state index in [1.165, 1.54) is 20.1 Å². The fraction of sp³-hybridized carbons (Fsp3) is 0.364. The lowest BCUT2D eigenvalue weighted by atomic mass is 10.2. The number of carbonyl (C=O) groups is 1. The van der Waals surface area contributed by atoms with Gasteiger partial charge in [0.05, 0.1) is 16.4 Å². The molecule has 0 amide bonds. The van der Waals surface area contributed by atoms with Gasteiger partial charge in [-0.15, -0.1) is 0 Å². The third kappa shape index (κ3) is 3.97. The summed E-state index contributed by atoms with van der Waals surface area (Å²) in [6, 6.07) is 2.05. The van der Waals surface area contributed by atoms with Gasteiger partial charge in [0.1, 0.15) is 6.04 Å². The van der Waals surface area contributed by atoms with Gasteiger partial charge in [-0.2, -0.15) is 4.72 Å². The van der Waals surface area contributed by atoms with Gasteiger partial charge in [0.25, 0.3) is 5.69 Å². The van der Waals surface area contributed by atoms with Crippen LogP contribution in [-0.4, -0.2) is 44.2 Å². The Balaban J connectivity index is 3.22. The number of carboxylic acid groups (broad SMARTS) is 1. The smallest absolute Gasteiger partial charge is 0.324 e. The molecule has 0 radical (unpaired) electrons. The highest BCUT2D eigenvalue weighted by atomic mass is 32.2. The highest BCUT2D eigenvalue weighted by Gasteiger charge is 2.28. The van der Waals surface area contributed by atoms with Gasteiger partial charge in [0, 0.05) is 18.7 Å². The number of nitrogens with one attached hydrogen (secondary N) is 1. The molecule has 9 nitrogen and oxygen atoms in total. The van der Waals surface area contributed by atoms with E-state index < -0.39 is 27.0 Å². The van der Waals surface area contributed by atoms with Crippen molar-refractivity contribution in [3.63, 3.8) is 0 Å². The molecule has 0 saturated heterocycles. The van der Waals surface area contributed by atoms with Crippen LogP contribution in [0.1, 0.15) is 5.56 Å². The molecule has 2 N–H and O–H groups in total. The first-order valence-corrected chi connectivity index (χ1v) is 7.17. The Labute approximate surface area is 120 Å². The second-order valence-corrected chi connectivity index (χ2v) is 5.81. The van der Waals surface area contributed by atoms with Gasteiger partial charge in [-0.05, 0) is 13.0 Å². The molecule has 1 aromatic rings. The number of carboxylic acids is 1. The van der Waals surface area contributed by atoms with E-state index >= 15 is 0 Å². The lowest BCUT2D eigenvalue weighted by Crippen LogP contribution is -2.43. The summed E-state index contributed by atoms with van der Waals surface area (Å²) in [5.74, 6) is -1.41. The Morgan fingerprint density at radius 2 is 2.14 bits per heavy atom. The Morgan fingerprint density at radius 3 is 2.62 bits per heavy atom. The SMILES string of the molecule is COCC(NS(=O)(=O)c1cccc([N+](=O)[O-])c1C)C(=O)O. The second kappa shape index (κ2) is 6.61. The van der Waals surface area contributed by atoms with Crippen molar-refractivity contribution < 1.29 is 28.0 Å². The van der Waals surface area contributed by atoms with Gasteiger partial charge in [0.2, 0.25) is 10.0 Å². The number of nitro groups is 1. The molecule has 0 fully saturated rings. The predicted octanol–water partition coefficient (Wildman–Crippen LogP) is 0.281. The summed E-state index contributed by atoms with van der Waals surface area (Å²) >= 11 is 0. The van der Waals surface area contributed by atoms with E-state index in [1.54, 1.807) is 0 Å². The third-order valence-electron chi connectivity index (χ3n) is 2.67. The van der Waals surface area contributed by atoms with E-state index in [0.29, 0.717) is 0 Å². The van der Waals surface area contributed by atoms with E-state index in [9.17, 15) is 23.3 Å². The average molecular weight is 318 g/mol. The van der Waals surface area contributed by atoms with E-state index in [1.807, 2.05) is 4.72 Å². The first kappa shape index (κ1) is 17.0. The van der Waals surface area contributed by atoms with Crippen LogP contribution in [0.4, 0.5) is 5.69 Å². The predicted molar refractivity (Wildman–Crippen MR) is 71.5 cm³/mol. The van der Waals surface area contributed by atoms with Crippen LogP contribution in [0.15, 0.2) is 23.1 Å². The van der Waals surface area contributed by atoms with Crippen molar-refractivity contribution in [2.45, 2.75) is 17.9 Å². The zero-order valence-electron chi connectivity index (χ0n) is 11.3. The minimum Gasteiger partial charge on any atom is -0.480 e. The lowest BCUT2D eigenvalue weighted by molar-refractivity contribution is -0.385. The van der Waals surface area contributed by atoms with E-state index in [2.05, 4.69) is 4.74 Å². The van der Waals surface area contributed by atoms with Crippen LogP contribution >= 0.6 is 0 Å². The number of nitrogens with zero attached hydrogens (tertiary/aromatic N) is 1. The molecular formula is C11H14N2O7S. The van der Waals surface area contributed by atoms with Crippen LogP contribution in [0, 0.1) is 17.0 Å². The Morgan fingerprint density at radius 1 is 1.52 bits per heavy atom. The van der Waals surface area contributed by atoms with Crippen molar-refractivity contribution in [1.29, 1.82) is 0 Å². The number of methoxy groups -OCH3 is 1. The maximum atomic E-state index is 12.2. The second-order valence-electron chi connectivity index (χ2n) is 4.12. The van der Waals surface area contributed by atoms with Crippen molar-refractivity contribution in [3.8, 4) is 0 Å². The number of rotatable bonds is 7. The van der Waals surface area contributed by atoms with Gasteiger partial charge in [-0.3, -0.25) is 14.9 Å². The van der Waals surface area contributed by atoms with Crippen LogP contribution in [0.5, 0.6) is 0 Å². The minimum absolute atomic E-state index is 0.0726. The summed E-state index contributed by atoms with van der Waals surface area (Å²) in [5, 5.41) is 19.7. The molecular weight excluding hydrogens is 304 g/mol. The number of nitro benzene ring substituents is 1. The van der Waals surface area contributed by atoms with Crippen LogP contribution < -0.4 is 4.72 Å². The van der Waals surface area contributed by atoms with Gasteiger partial charge < -0.3 is 9.84 Å². The molecule has 10 heteroatoms. The molecule has 1 atom stereocenters. The third-order valence-corrected chi connectivity index (χ3v) is 4.29. The fourth-order valence-electron chi connectivity index (χ4n) is 1.66. The Kier molecular flexibility index (Phi) is 5.35. The van der Waals surface area contributed by atoms with Crippen molar-refractivity contribution in [1.82, 2.24) is 4.72 Å². The highest BCUT2D eigenvalue weighted by molar-refractivity contribution is 7.89. The topological polar surface area (TPSA) is 136 Å². The van der Waals surface area contributed by atoms with Crippen molar-refractivity contribution in [2.75, 3.05) is 13.7 Å². The molecule has 0 bridgehead atoms. The number of sulfonamides is 1. The summed E-state index contributed by atoms with van der Waals surface area (Å²) in [7, 11) is -3.00. The molecule has 1 rings (SSSR count). The van der Waals surface area contributed by atoms with E-state index in [4.69, 9.17) is 5.11 Å². The zero-order valence-corrected chi connectivity index (χ0v) is 12.1. The van der Waals surface area contributed by atoms with Crippen LogP contribution in [0.25, 0.3) is 0 Å². The number of ether oxygens (including phenoxy) is 1. The molecule has 0 spiro atoms. The first-order chi connectivity index (χ1) is 9.70. The highest BCUT2D eigenvalue weighted by Crippen LogP contribution is 2.24. The van der Waals surface area contributed by atoms with Crippen molar-refractivity contribution in [3.05, 3.63) is 33.9 Å². The molecule has 0 aromatic heterocycles. The van der Waals surface area contributed by atoms with E-state index in [0.717, 1.165) is 12.1 Å². The number of hydrogen-bond donors (Lipinski definition) is 2. The summed E-state index contributed by atoms with van der Waals surface area (Å²) in [6.07, 6.45) is 0. The summed E-state index contributed by atoms with van der Waals surface area (Å²) in [5.41, 5.74) is -0.437. The standard InChI is InChI=1S/C11H14N2O7S/c1-7-9(13(16)17)4-3-5-10(7)21(18,19)12-8(6-20-2)11(14)15/h3-5,8,12H,6H2,1-2H3,(H,14,15). The molecule has 21 heavy (non-hydrogen) atoms. The van der Waals surface area contributed by atoms with Gasteiger partial charge in [-0.1, -0.05) is 6.07 Å². The maximum Gasteiger partial charge on any atom is 0.324 e. The molecule has 1 unspecified atom stereocenters. The number of benzene rings is 1. The quantitative estimate of drug-likeness (QED) is 0.544. The summed E-state index contributed by atoms with van der Waals surface area (Å²) in [6.45, 7) is 0.904. The van der Waals surface area contributed by atoms with E-state index in [-0.39, 0.29) is 22.8 Å². The van der Waals surface area contributed by atoms with Crippen molar-refractivity contribution >= 4 is 21.7 Å². The number of aliphatic carboxylic acids is 1. The van der Waals surface area contributed by atoms with Crippen LogP contribution in [-0.2, 0) is 19.6 Å². The zero-order chi connectivity index (χ0) is 16.2. The number of hydrogen-bond acceptors (Lipinski definition) is 6. The Bertz CT molecular complexity index is 657. The molecule has 0 heterocycles. The first-order valence-electron chi connectivity index (χ1n) is 5.68. The maximum absolute atomic E-state index is 12.2. The summed E-state index contributed by atoms with van der Waals surface area (Å²) in [4.78, 5) is 20.7. The molecule has 1 aromatic carbocycles. The largest absolute Gasteiger partial charge is 0.480 e. The van der Waals surface area contributed by atoms with Gasteiger partial charge in [0.15, 0.2) is 0 Å². The molecule has 116 valence electrons. The van der Waals surface area contributed by atoms with Crippen LogP contribution in [0.2, 0.25) is 0 Å². The fourth-order valence-corrected chi connectivity index (χ4v) is 3.10. The average Bonchev–Trinajstić information content (AvgIpc) is 2.37. The minimum atomic E-state index is -4.23. The summed E-state index contributed by atoms with van der Waals surface area (Å²) < 4.78 is 30.9. The van der Waals surface area contributed by atoms with Crippen LogP contribution in [0.3, 0.4) is 0 Å². The normalized spacial score (nSPS) is 12.9. The lowest BCUT2D eigenvalue weighted by Gasteiger charge is -2.15. The van der Waals surface area contributed by atoms with Gasteiger partial charge in [-0.25, -0.2) is 8.42 Å². The monoisotopic (exact) mass is 318 g/mol. The van der Waals surface area contributed by atoms with Crippen molar-refractivity contribution in [2.24, 2.45) is 0 Å².